The van der Waals surface area contributed by atoms with Gasteiger partial charge in [-0.25, -0.2) is 0 Å². The van der Waals surface area contributed by atoms with Gasteiger partial charge in [-0.3, -0.25) is 9.59 Å². The van der Waals surface area contributed by atoms with E-state index in [2.05, 4.69) is 10.6 Å². The molecule has 0 saturated heterocycles. The summed E-state index contributed by atoms with van der Waals surface area (Å²) in [4.78, 5) is 22.6. The quantitative estimate of drug-likeness (QED) is 0.741. The minimum Gasteiger partial charge on any atom is -0.348 e. The Kier molecular flexibility index (Phi) is 8.96. The lowest BCUT2D eigenvalue weighted by Crippen LogP contribution is -2.40. The zero-order chi connectivity index (χ0) is 14.3. The highest BCUT2D eigenvalue weighted by molar-refractivity contribution is 6.30. The van der Waals surface area contributed by atoms with Gasteiger partial charge in [-0.05, 0) is 24.1 Å². The maximum Gasteiger partial charge on any atom is 0.239 e. The summed E-state index contributed by atoms with van der Waals surface area (Å²) in [6.07, 6.45) is 0.748. The van der Waals surface area contributed by atoms with Gasteiger partial charge < -0.3 is 16.4 Å². The third-order valence-electron chi connectivity index (χ3n) is 2.65. The van der Waals surface area contributed by atoms with Gasteiger partial charge in [-0.1, -0.05) is 30.7 Å². The van der Waals surface area contributed by atoms with Crippen molar-refractivity contribution < 1.29 is 9.59 Å². The number of amides is 2. The lowest BCUT2D eigenvalue weighted by atomic mass is 10.0. The third kappa shape index (κ3) is 6.23. The van der Waals surface area contributed by atoms with Crippen LogP contribution in [0.3, 0.4) is 0 Å². The van der Waals surface area contributed by atoms with E-state index < -0.39 is 0 Å². The Labute approximate surface area is 129 Å². The van der Waals surface area contributed by atoms with E-state index in [-0.39, 0.29) is 43.4 Å². The van der Waals surface area contributed by atoms with Crippen molar-refractivity contribution >= 4 is 35.8 Å². The summed E-state index contributed by atoms with van der Waals surface area (Å²) in [5.74, 6) is -0.599. The first-order valence-electron chi connectivity index (χ1n) is 6.08. The van der Waals surface area contributed by atoms with Crippen LogP contribution in [0.15, 0.2) is 24.3 Å². The van der Waals surface area contributed by atoms with Crippen molar-refractivity contribution in [2.24, 2.45) is 5.73 Å². The molecule has 1 aromatic rings. The zero-order valence-corrected chi connectivity index (χ0v) is 12.8. The number of halogens is 2. The van der Waals surface area contributed by atoms with E-state index in [4.69, 9.17) is 17.3 Å². The van der Waals surface area contributed by atoms with E-state index in [1.807, 2.05) is 19.1 Å². The lowest BCUT2D eigenvalue weighted by molar-refractivity contribution is -0.125. The van der Waals surface area contributed by atoms with Crippen LogP contribution in [0.4, 0.5) is 0 Å². The van der Waals surface area contributed by atoms with E-state index in [0.717, 1.165) is 12.0 Å². The fraction of sp³-hybridized carbons (Fsp3) is 0.385. The summed E-state index contributed by atoms with van der Waals surface area (Å²) >= 11 is 5.82. The van der Waals surface area contributed by atoms with Gasteiger partial charge in [0, 0.05) is 5.02 Å². The van der Waals surface area contributed by atoms with Gasteiger partial charge in [0.05, 0.1) is 19.1 Å². The van der Waals surface area contributed by atoms with E-state index in [1.165, 1.54) is 0 Å². The second-order valence-electron chi connectivity index (χ2n) is 4.06. The molecular weight excluding hydrogens is 301 g/mol. The molecule has 0 fully saturated rings. The van der Waals surface area contributed by atoms with E-state index in [1.54, 1.807) is 12.1 Å². The van der Waals surface area contributed by atoms with E-state index in [0.29, 0.717) is 5.02 Å². The normalized spacial score (nSPS) is 11.2. The smallest absolute Gasteiger partial charge is 0.239 e. The molecule has 0 aliphatic heterocycles. The van der Waals surface area contributed by atoms with Gasteiger partial charge in [0.1, 0.15) is 0 Å². The van der Waals surface area contributed by atoms with Crippen LogP contribution in [0.2, 0.25) is 5.02 Å². The molecule has 112 valence electrons. The first kappa shape index (κ1) is 18.7. The maximum atomic E-state index is 11.7. The van der Waals surface area contributed by atoms with E-state index in [9.17, 15) is 9.59 Å². The Morgan fingerprint density at radius 3 is 2.35 bits per heavy atom. The summed E-state index contributed by atoms with van der Waals surface area (Å²) in [7, 11) is 0. The molecule has 2 amide bonds. The molecule has 1 atom stereocenters. The molecule has 0 heterocycles. The molecular formula is C13H19Cl2N3O2. The van der Waals surface area contributed by atoms with E-state index >= 15 is 0 Å². The molecule has 20 heavy (non-hydrogen) atoms. The van der Waals surface area contributed by atoms with Crippen LogP contribution in [-0.2, 0) is 9.59 Å². The first-order chi connectivity index (χ1) is 9.06. The lowest BCUT2D eigenvalue weighted by Gasteiger charge is -2.17. The zero-order valence-electron chi connectivity index (χ0n) is 11.2. The second-order valence-corrected chi connectivity index (χ2v) is 4.50. The number of rotatable bonds is 6. The van der Waals surface area contributed by atoms with Crippen LogP contribution in [0.5, 0.6) is 0 Å². The Morgan fingerprint density at radius 1 is 1.25 bits per heavy atom. The summed E-state index contributed by atoms with van der Waals surface area (Å²) in [6, 6.07) is 7.20. The average Bonchev–Trinajstić information content (AvgIpc) is 2.43. The fourth-order valence-electron chi connectivity index (χ4n) is 1.61. The first-order valence-corrected chi connectivity index (χ1v) is 6.46. The molecule has 1 aromatic carbocycles. The van der Waals surface area contributed by atoms with Crippen molar-refractivity contribution in [2.75, 3.05) is 13.1 Å². The Balaban J connectivity index is 0.00000361. The molecule has 0 spiro atoms. The standard InChI is InChI=1S/C13H18ClN3O2.ClH/c1-2-11(9-3-5-10(14)6-4-9)17-13(19)8-16-12(18)7-15;/h3-6,11H,2,7-8,15H2,1H3,(H,16,18)(H,17,19);1H. The Morgan fingerprint density at radius 2 is 1.85 bits per heavy atom. The summed E-state index contributed by atoms with van der Waals surface area (Å²) < 4.78 is 0. The monoisotopic (exact) mass is 319 g/mol. The van der Waals surface area contributed by atoms with Crippen LogP contribution in [0.1, 0.15) is 24.9 Å². The molecule has 0 aromatic heterocycles. The fourth-order valence-corrected chi connectivity index (χ4v) is 1.74. The highest BCUT2D eigenvalue weighted by atomic mass is 35.5. The van der Waals surface area contributed by atoms with Gasteiger partial charge in [-0.2, -0.15) is 0 Å². The molecule has 5 nitrogen and oxygen atoms in total. The number of carbonyl (C=O) groups excluding carboxylic acids is 2. The van der Waals surface area contributed by atoms with Crippen LogP contribution in [0.25, 0.3) is 0 Å². The van der Waals surface area contributed by atoms with Crippen molar-refractivity contribution in [2.45, 2.75) is 19.4 Å². The van der Waals surface area contributed by atoms with Crippen LogP contribution in [0, 0.1) is 0 Å². The molecule has 7 heteroatoms. The number of nitrogens with two attached hydrogens (primary N) is 1. The highest BCUT2D eigenvalue weighted by Crippen LogP contribution is 2.18. The predicted molar refractivity (Wildman–Crippen MR) is 81.9 cm³/mol. The van der Waals surface area contributed by atoms with Crippen molar-refractivity contribution in [3.05, 3.63) is 34.9 Å². The molecule has 0 aliphatic carbocycles. The van der Waals surface area contributed by atoms with Crippen molar-refractivity contribution in [1.82, 2.24) is 10.6 Å². The topological polar surface area (TPSA) is 84.2 Å². The van der Waals surface area contributed by atoms with Crippen molar-refractivity contribution in [1.29, 1.82) is 0 Å². The van der Waals surface area contributed by atoms with Gasteiger partial charge >= 0.3 is 0 Å². The van der Waals surface area contributed by atoms with Gasteiger partial charge in [-0.15, -0.1) is 12.4 Å². The molecule has 0 radical (unpaired) electrons. The summed E-state index contributed by atoms with van der Waals surface area (Å²) in [5, 5.41) is 5.92. The molecule has 0 aliphatic rings. The third-order valence-corrected chi connectivity index (χ3v) is 2.90. The van der Waals surface area contributed by atoms with Gasteiger partial charge in [0.25, 0.3) is 0 Å². The number of nitrogens with one attached hydrogen (secondary N) is 2. The van der Waals surface area contributed by atoms with Crippen LogP contribution in [-0.4, -0.2) is 24.9 Å². The average molecular weight is 320 g/mol. The maximum absolute atomic E-state index is 11.7. The summed E-state index contributed by atoms with van der Waals surface area (Å²) in [5.41, 5.74) is 6.11. The van der Waals surface area contributed by atoms with Crippen molar-refractivity contribution in [3.63, 3.8) is 0 Å². The van der Waals surface area contributed by atoms with Crippen LogP contribution >= 0.6 is 24.0 Å². The van der Waals surface area contributed by atoms with Crippen molar-refractivity contribution in [3.8, 4) is 0 Å². The van der Waals surface area contributed by atoms with Gasteiger partial charge in [0.15, 0.2) is 0 Å². The SMILES string of the molecule is CCC(NC(=O)CNC(=O)CN)c1ccc(Cl)cc1.Cl. The summed E-state index contributed by atoms with van der Waals surface area (Å²) in [6.45, 7) is 1.78. The molecule has 0 saturated carbocycles. The minimum absolute atomic E-state index is 0. The largest absolute Gasteiger partial charge is 0.348 e. The van der Waals surface area contributed by atoms with Gasteiger partial charge in [0.2, 0.25) is 11.8 Å². The number of benzene rings is 1. The highest BCUT2D eigenvalue weighted by Gasteiger charge is 2.12. The predicted octanol–water partition coefficient (Wildman–Crippen LogP) is 1.40. The molecule has 1 unspecified atom stereocenters. The second kappa shape index (κ2) is 9.58. The number of hydrogen-bond acceptors (Lipinski definition) is 3. The number of hydrogen-bond donors (Lipinski definition) is 3. The molecule has 4 N–H and O–H groups in total. The molecule has 0 bridgehead atoms. The Bertz CT molecular complexity index is 438. The Hall–Kier alpha value is -1.30. The minimum atomic E-state index is -0.352. The number of carbonyl (C=O) groups is 2. The van der Waals surface area contributed by atoms with Crippen LogP contribution < -0.4 is 16.4 Å². The molecule has 1 rings (SSSR count).